The number of aromatic amines is 2. The molecule has 0 saturated carbocycles. The predicted octanol–water partition coefficient (Wildman–Crippen LogP) is -0.943. The van der Waals surface area contributed by atoms with Crippen LogP contribution in [0.25, 0.3) is 23.0 Å². The molecule has 0 saturated heterocycles. The number of rotatable bonds is 2. The van der Waals surface area contributed by atoms with Gasteiger partial charge in [-0.15, -0.1) is 20.4 Å². The van der Waals surface area contributed by atoms with Crippen LogP contribution in [0, 0.1) is 22.7 Å². The van der Waals surface area contributed by atoms with E-state index >= 15 is 0 Å². The summed E-state index contributed by atoms with van der Waals surface area (Å²) in [6.45, 7) is 0. The molecule has 4 heterocycles. The first-order chi connectivity index (χ1) is 12.8. The topological polar surface area (TPSA) is 208 Å². The van der Waals surface area contributed by atoms with Crippen molar-refractivity contribution in [3.63, 3.8) is 0 Å². The number of tetrazole rings is 2. The fraction of sp³-hybridized carbons (Fsp3) is 0. The van der Waals surface area contributed by atoms with Crippen molar-refractivity contribution in [2.45, 2.75) is 0 Å². The number of nitrogens with one attached hydrogen (secondary N) is 2. The molecule has 0 atom stereocenters. The number of aromatic nitrogens is 12. The first-order valence-corrected chi connectivity index (χ1v) is 6.73. The van der Waals surface area contributed by atoms with Crippen LogP contribution in [0.3, 0.4) is 0 Å². The third-order valence-corrected chi connectivity index (χ3v) is 2.72. The molecule has 0 amide bonds. The highest BCUT2D eigenvalue weighted by molar-refractivity contribution is 5.68. The molecule has 4 aromatic heterocycles. The van der Waals surface area contributed by atoms with Gasteiger partial charge in [-0.3, -0.25) is 0 Å². The Hall–Kier alpha value is -4.72. The van der Waals surface area contributed by atoms with Gasteiger partial charge in [0.2, 0.25) is 11.6 Å². The van der Waals surface area contributed by atoms with Crippen molar-refractivity contribution < 1.29 is 0 Å². The zero-order chi connectivity index (χ0) is 18.2. The Morgan fingerprint density at radius 3 is 1.42 bits per heavy atom. The number of hydrogen-bond donors (Lipinski definition) is 2. The average Bonchev–Trinajstić information content (AvgIpc) is 3.42. The predicted molar refractivity (Wildman–Crippen MR) is 79.8 cm³/mol. The molecule has 0 aromatic carbocycles. The molecule has 0 aliphatic carbocycles. The molecule has 14 heteroatoms. The Bertz CT molecular complexity index is 970. The highest BCUT2D eigenvalue weighted by Crippen LogP contribution is 2.20. The summed E-state index contributed by atoms with van der Waals surface area (Å²) in [6.07, 6.45) is 5.79. The molecule has 0 fully saturated rings. The van der Waals surface area contributed by atoms with Gasteiger partial charge in [-0.1, -0.05) is 0 Å². The second-order valence-electron chi connectivity index (χ2n) is 4.20. The summed E-state index contributed by atoms with van der Waals surface area (Å²) < 4.78 is 0. The lowest BCUT2D eigenvalue weighted by Crippen LogP contribution is -1.95. The lowest BCUT2D eigenvalue weighted by molar-refractivity contribution is 0.881. The Morgan fingerprint density at radius 1 is 0.654 bits per heavy atom. The number of nitriles is 2. The van der Waals surface area contributed by atoms with Crippen LogP contribution < -0.4 is 0 Å². The zero-order valence-electron chi connectivity index (χ0n) is 12.7. The summed E-state index contributed by atoms with van der Waals surface area (Å²) in [7, 11) is 0. The standard InChI is InChI=1S/C6H4N10.C6H2N4/c1-2-8-4(6-11-15-16-12-6)3(7-1)5-9-13-14-10-5;7-3-5-6(4-8)10-2-1-9-5/h1-2H,(H,9,10,13,14)(H,11,12,15,16);1-2H. The maximum absolute atomic E-state index is 8.35. The molecule has 4 aromatic rings. The van der Waals surface area contributed by atoms with Crippen molar-refractivity contribution in [3.05, 3.63) is 36.2 Å². The number of nitrogens with zero attached hydrogens (tertiary/aromatic N) is 12. The van der Waals surface area contributed by atoms with Gasteiger partial charge >= 0.3 is 0 Å². The molecule has 0 aliphatic rings. The molecule has 0 spiro atoms. The van der Waals surface area contributed by atoms with Crippen LogP contribution in [0.1, 0.15) is 11.4 Å². The van der Waals surface area contributed by atoms with Gasteiger partial charge in [-0.2, -0.15) is 21.0 Å². The van der Waals surface area contributed by atoms with E-state index in [1.807, 2.05) is 0 Å². The van der Waals surface area contributed by atoms with Crippen LogP contribution in [-0.2, 0) is 0 Å². The fourth-order valence-electron chi connectivity index (χ4n) is 1.69. The van der Waals surface area contributed by atoms with Crippen LogP contribution in [0.4, 0.5) is 0 Å². The second kappa shape index (κ2) is 7.70. The SMILES string of the molecule is N#Cc1nccnc1C#N.c1cnc(-c2nn[nH]n2)c(-c2nn[nH]n2)n1. The molecule has 0 bridgehead atoms. The van der Waals surface area contributed by atoms with Gasteiger partial charge in [0.1, 0.15) is 23.5 Å². The lowest BCUT2D eigenvalue weighted by atomic mass is 10.3. The van der Waals surface area contributed by atoms with Gasteiger partial charge in [-0.05, 0) is 10.4 Å². The average molecular weight is 346 g/mol. The van der Waals surface area contributed by atoms with Gasteiger partial charge in [0.15, 0.2) is 11.4 Å². The van der Waals surface area contributed by atoms with Gasteiger partial charge in [0.05, 0.1) is 0 Å². The van der Waals surface area contributed by atoms with Gasteiger partial charge in [0, 0.05) is 24.8 Å². The van der Waals surface area contributed by atoms with E-state index in [1.165, 1.54) is 24.8 Å². The smallest absolute Gasteiger partial charge is 0.225 e. The normalized spacial score (nSPS) is 9.46. The molecular weight excluding hydrogens is 340 g/mol. The van der Waals surface area contributed by atoms with Crippen molar-refractivity contribution in [1.29, 1.82) is 10.5 Å². The minimum atomic E-state index is 0.0741. The molecule has 26 heavy (non-hydrogen) atoms. The van der Waals surface area contributed by atoms with E-state index in [2.05, 4.69) is 61.2 Å². The molecule has 0 radical (unpaired) electrons. The van der Waals surface area contributed by atoms with E-state index in [0.29, 0.717) is 23.0 Å². The van der Waals surface area contributed by atoms with Crippen molar-refractivity contribution in [2.75, 3.05) is 0 Å². The second-order valence-corrected chi connectivity index (χ2v) is 4.20. The van der Waals surface area contributed by atoms with Crippen molar-refractivity contribution in [1.82, 2.24) is 61.2 Å². The number of hydrogen-bond acceptors (Lipinski definition) is 12. The lowest BCUT2D eigenvalue weighted by Gasteiger charge is -1.97. The summed E-state index contributed by atoms with van der Waals surface area (Å²) in [5.41, 5.74) is 1.03. The van der Waals surface area contributed by atoms with Crippen LogP contribution in [-0.4, -0.2) is 61.2 Å². The Balaban J connectivity index is 0.000000170. The highest BCUT2D eigenvalue weighted by atomic mass is 15.5. The van der Waals surface area contributed by atoms with Crippen LogP contribution in [0.5, 0.6) is 0 Å². The van der Waals surface area contributed by atoms with Crippen LogP contribution >= 0.6 is 0 Å². The molecular formula is C12H6N14. The Kier molecular flexibility index (Phi) is 4.79. The summed E-state index contributed by atoms with van der Waals surface area (Å²) in [6, 6.07) is 3.50. The maximum Gasteiger partial charge on any atom is 0.225 e. The third kappa shape index (κ3) is 3.44. The van der Waals surface area contributed by atoms with Gasteiger partial charge in [0.25, 0.3) is 0 Å². The Labute approximate surface area is 144 Å². The minimum absolute atomic E-state index is 0.0741. The van der Waals surface area contributed by atoms with Gasteiger partial charge < -0.3 is 0 Å². The molecule has 0 unspecified atom stereocenters. The van der Waals surface area contributed by atoms with Gasteiger partial charge in [-0.25, -0.2) is 19.9 Å². The summed E-state index contributed by atoms with van der Waals surface area (Å²) in [5, 5.41) is 43.6. The van der Waals surface area contributed by atoms with E-state index in [0.717, 1.165) is 0 Å². The Morgan fingerprint density at radius 2 is 1.08 bits per heavy atom. The monoisotopic (exact) mass is 346 g/mol. The molecule has 4 rings (SSSR count). The van der Waals surface area contributed by atoms with E-state index in [1.54, 1.807) is 12.1 Å². The van der Waals surface area contributed by atoms with Crippen LogP contribution in [0.15, 0.2) is 24.8 Å². The molecule has 124 valence electrons. The summed E-state index contributed by atoms with van der Waals surface area (Å²) in [4.78, 5) is 15.5. The molecule has 14 nitrogen and oxygen atoms in total. The highest BCUT2D eigenvalue weighted by Gasteiger charge is 2.16. The minimum Gasteiger partial charge on any atom is -0.249 e. The zero-order valence-corrected chi connectivity index (χ0v) is 12.7. The molecule has 0 aliphatic heterocycles. The quantitative estimate of drug-likeness (QED) is 0.450. The van der Waals surface area contributed by atoms with E-state index in [9.17, 15) is 0 Å². The van der Waals surface area contributed by atoms with E-state index < -0.39 is 0 Å². The summed E-state index contributed by atoms with van der Waals surface area (Å²) >= 11 is 0. The number of H-pyrrole nitrogens is 2. The fourth-order valence-corrected chi connectivity index (χ4v) is 1.69. The first-order valence-electron chi connectivity index (χ1n) is 6.73. The summed E-state index contributed by atoms with van der Waals surface area (Å²) in [5.74, 6) is 0.654. The third-order valence-electron chi connectivity index (χ3n) is 2.72. The van der Waals surface area contributed by atoms with Crippen molar-refractivity contribution in [3.8, 4) is 35.2 Å². The van der Waals surface area contributed by atoms with E-state index in [-0.39, 0.29) is 11.4 Å². The van der Waals surface area contributed by atoms with Crippen molar-refractivity contribution >= 4 is 0 Å². The molecule has 2 N–H and O–H groups in total. The maximum atomic E-state index is 8.35. The van der Waals surface area contributed by atoms with Crippen LogP contribution in [0.2, 0.25) is 0 Å². The first kappa shape index (κ1) is 16.1. The van der Waals surface area contributed by atoms with Crippen molar-refractivity contribution in [2.24, 2.45) is 0 Å². The van der Waals surface area contributed by atoms with E-state index in [4.69, 9.17) is 10.5 Å². The largest absolute Gasteiger partial charge is 0.249 e.